The molecule has 1 saturated heterocycles. The van der Waals surface area contributed by atoms with Gasteiger partial charge in [-0.1, -0.05) is 25.2 Å². The van der Waals surface area contributed by atoms with E-state index in [1.165, 1.54) is 6.20 Å². The molecule has 1 aliphatic heterocycles. The molecule has 0 amide bonds. The number of rotatable bonds is 6. The normalized spacial score (nSPS) is 22.8. The van der Waals surface area contributed by atoms with Crippen molar-refractivity contribution in [3.05, 3.63) is 32.6 Å². The fraction of sp³-hybridized carbons (Fsp3) is 0.600. The van der Waals surface area contributed by atoms with E-state index in [-0.39, 0.29) is 12.0 Å². The van der Waals surface area contributed by atoms with E-state index in [1.807, 2.05) is 6.92 Å². The van der Waals surface area contributed by atoms with Crippen LogP contribution in [0.3, 0.4) is 0 Å². The number of aromatic amines is 1. The number of nitrogens with zero attached hydrogens (tertiary/aromatic N) is 1. The Morgan fingerprint density at radius 1 is 1.46 bits per heavy atom. The Balaban J connectivity index is 2.17. The Morgan fingerprint density at radius 3 is 2.85 bits per heavy atom. The number of aliphatic hydroxyl groups excluding tert-OH is 1. The Morgan fingerprint density at radius 2 is 2.19 bits per heavy atom. The molecule has 0 saturated carbocycles. The lowest BCUT2D eigenvalue weighted by Crippen LogP contribution is -2.33. The monoisotopic (exact) mass is 388 g/mol. The quantitative estimate of drug-likeness (QED) is 0.298. The summed E-state index contributed by atoms with van der Waals surface area (Å²) < 4.78 is 21.6. The van der Waals surface area contributed by atoms with Gasteiger partial charge in [-0.15, -0.1) is 0 Å². The lowest BCUT2D eigenvalue weighted by atomic mass is 10.2. The molecule has 0 aromatic carbocycles. The van der Waals surface area contributed by atoms with Crippen LogP contribution in [-0.4, -0.2) is 43.3 Å². The Labute approximate surface area is 149 Å². The highest BCUT2D eigenvalue weighted by Crippen LogP contribution is 2.38. The van der Waals surface area contributed by atoms with E-state index in [0.29, 0.717) is 6.42 Å². The van der Waals surface area contributed by atoms with Gasteiger partial charge in [0.05, 0.1) is 12.7 Å². The summed E-state index contributed by atoms with van der Waals surface area (Å²) >= 11 is 0. The van der Waals surface area contributed by atoms with Crippen LogP contribution in [0.15, 0.2) is 15.8 Å². The summed E-state index contributed by atoms with van der Waals surface area (Å²) in [5, 5.41) is 9.96. The highest BCUT2D eigenvalue weighted by Gasteiger charge is 2.37. The second-order valence-electron chi connectivity index (χ2n) is 5.83. The number of nitrogens with one attached hydrogen (secondary N) is 1. The summed E-state index contributed by atoms with van der Waals surface area (Å²) in [6.07, 6.45) is 0.689. The zero-order valence-corrected chi connectivity index (χ0v) is 15.0. The number of hydrogen-bond donors (Lipinski definition) is 4. The summed E-state index contributed by atoms with van der Waals surface area (Å²) in [6.45, 7) is 1.48. The SMILES string of the molecule is CCCCC#Cc1cn(C2CC(O)C(COP(=O)(O)O)O2)c(=O)[nH]c1=O. The first-order valence-corrected chi connectivity index (χ1v) is 9.62. The Bertz CT molecular complexity index is 846. The van der Waals surface area contributed by atoms with Crippen molar-refractivity contribution in [1.29, 1.82) is 0 Å². The number of H-pyrrole nitrogens is 1. The summed E-state index contributed by atoms with van der Waals surface area (Å²) in [7, 11) is -4.70. The minimum absolute atomic E-state index is 0.0101. The van der Waals surface area contributed by atoms with E-state index in [4.69, 9.17) is 14.5 Å². The highest BCUT2D eigenvalue weighted by molar-refractivity contribution is 7.46. The molecule has 2 heterocycles. The molecule has 1 aromatic heterocycles. The number of aromatic nitrogens is 2. The number of hydrogen-bond acceptors (Lipinski definition) is 6. The van der Waals surface area contributed by atoms with Crippen molar-refractivity contribution >= 4 is 7.82 Å². The first-order valence-electron chi connectivity index (χ1n) is 8.09. The third-order valence-electron chi connectivity index (χ3n) is 3.77. The molecule has 1 aromatic rings. The molecule has 10 nitrogen and oxygen atoms in total. The summed E-state index contributed by atoms with van der Waals surface area (Å²) in [5.41, 5.74) is -1.26. The summed E-state index contributed by atoms with van der Waals surface area (Å²) in [5.74, 6) is 5.56. The maximum Gasteiger partial charge on any atom is 0.469 e. The number of unbranched alkanes of at least 4 members (excludes halogenated alkanes) is 2. The largest absolute Gasteiger partial charge is 0.469 e. The molecule has 1 fully saturated rings. The van der Waals surface area contributed by atoms with Crippen LogP contribution in [0.25, 0.3) is 0 Å². The van der Waals surface area contributed by atoms with Gasteiger partial charge in [0, 0.05) is 19.0 Å². The molecule has 0 bridgehead atoms. The van der Waals surface area contributed by atoms with Crippen molar-refractivity contribution in [3.8, 4) is 11.8 Å². The van der Waals surface area contributed by atoms with Crippen LogP contribution in [0.1, 0.15) is 44.4 Å². The van der Waals surface area contributed by atoms with Gasteiger partial charge in [0.25, 0.3) is 5.56 Å². The Kier molecular flexibility index (Phi) is 6.94. The molecule has 0 aliphatic carbocycles. The number of phosphoric acid groups is 1. The molecule has 4 N–H and O–H groups in total. The number of ether oxygens (including phenoxy) is 1. The van der Waals surface area contributed by atoms with Crippen molar-refractivity contribution in [2.24, 2.45) is 0 Å². The van der Waals surface area contributed by atoms with Crippen molar-refractivity contribution in [1.82, 2.24) is 9.55 Å². The van der Waals surface area contributed by atoms with Gasteiger partial charge >= 0.3 is 13.5 Å². The number of phosphoric ester groups is 1. The van der Waals surface area contributed by atoms with Crippen molar-refractivity contribution in [2.75, 3.05) is 6.61 Å². The third-order valence-corrected chi connectivity index (χ3v) is 4.25. The smallest absolute Gasteiger partial charge is 0.390 e. The molecule has 2 rings (SSSR count). The van der Waals surface area contributed by atoms with E-state index in [2.05, 4.69) is 21.3 Å². The molecule has 3 unspecified atom stereocenters. The Hall–Kier alpha value is -1.73. The first-order chi connectivity index (χ1) is 12.2. The molecule has 144 valence electrons. The van der Waals surface area contributed by atoms with Crippen LogP contribution in [0, 0.1) is 11.8 Å². The summed E-state index contributed by atoms with van der Waals surface area (Å²) in [4.78, 5) is 43.5. The van der Waals surface area contributed by atoms with E-state index in [1.54, 1.807) is 0 Å². The molecule has 11 heteroatoms. The standard InChI is InChI=1S/C15H21N2O8P/c1-2-3-4-5-6-10-8-17(15(20)16-14(10)19)13-7-11(18)12(25-13)9-24-26(21,22)23/h8,11-13,18H,2-4,7,9H2,1H3,(H,16,19,20)(H2,21,22,23). The molecular weight excluding hydrogens is 367 g/mol. The van der Waals surface area contributed by atoms with Crippen molar-refractivity contribution < 1.29 is 28.7 Å². The number of aliphatic hydroxyl groups is 1. The van der Waals surface area contributed by atoms with Gasteiger partial charge in [-0.25, -0.2) is 9.36 Å². The van der Waals surface area contributed by atoms with Crippen LogP contribution in [-0.2, 0) is 13.8 Å². The van der Waals surface area contributed by atoms with Gasteiger partial charge in [-0.3, -0.25) is 18.9 Å². The van der Waals surface area contributed by atoms with E-state index >= 15 is 0 Å². The van der Waals surface area contributed by atoms with E-state index in [0.717, 1.165) is 17.4 Å². The molecule has 3 atom stereocenters. The zero-order valence-electron chi connectivity index (χ0n) is 14.1. The molecule has 26 heavy (non-hydrogen) atoms. The molecule has 0 radical (unpaired) electrons. The van der Waals surface area contributed by atoms with E-state index < -0.39 is 44.1 Å². The second kappa shape index (κ2) is 8.77. The summed E-state index contributed by atoms with van der Waals surface area (Å²) in [6, 6.07) is 0. The van der Waals surface area contributed by atoms with Gasteiger partial charge in [0.1, 0.15) is 17.9 Å². The third kappa shape index (κ3) is 5.64. The molecule has 0 spiro atoms. The fourth-order valence-corrected chi connectivity index (χ4v) is 2.76. The molecule has 1 aliphatic rings. The fourth-order valence-electron chi connectivity index (χ4n) is 2.42. The lowest BCUT2D eigenvalue weighted by molar-refractivity contribution is -0.0451. The second-order valence-corrected chi connectivity index (χ2v) is 7.07. The van der Waals surface area contributed by atoms with Crippen LogP contribution in [0.5, 0.6) is 0 Å². The van der Waals surface area contributed by atoms with Crippen LogP contribution in [0.2, 0.25) is 0 Å². The topological polar surface area (TPSA) is 151 Å². The van der Waals surface area contributed by atoms with Crippen molar-refractivity contribution in [3.63, 3.8) is 0 Å². The van der Waals surface area contributed by atoms with Crippen molar-refractivity contribution in [2.45, 2.75) is 51.0 Å². The van der Waals surface area contributed by atoms with Crippen LogP contribution < -0.4 is 11.2 Å². The lowest BCUT2D eigenvalue weighted by Gasteiger charge is -2.16. The van der Waals surface area contributed by atoms with Gasteiger partial charge in [-0.2, -0.15) is 0 Å². The average Bonchev–Trinajstić information content (AvgIpc) is 2.91. The maximum atomic E-state index is 12.0. The predicted molar refractivity (Wildman–Crippen MR) is 90.3 cm³/mol. The average molecular weight is 388 g/mol. The van der Waals surface area contributed by atoms with Crippen LogP contribution >= 0.6 is 7.82 Å². The maximum absolute atomic E-state index is 12.0. The predicted octanol–water partition coefficient (Wildman–Crippen LogP) is -0.164. The van der Waals surface area contributed by atoms with Gasteiger partial charge in [0.15, 0.2) is 0 Å². The minimum Gasteiger partial charge on any atom is -0.390 e. The van der Waals surface area contributed by atoms with E-state index in [9.17, 15) is 19.3 Å². The minimum atomic E-state index is -4.70. The van der Waals surface area contributed by atoms with Gasteiger partial charge < -0.3 is 19.6 Å². The molecular formula is C15H21N2O8P. The van der Waals surface area contributed by atoms with Crippen LogP contribution in [0.4, 0.5) is 0 Å². The highest BCUT2D eigenvalue weighted by atomic mass is 31.2. The first kappa shape index (κ1) is 20.6. The van der Waals surface area contributed by atoms with Gasteiger partial charge in [0.2, 0.25) is 0 Å². The zero-order chi connectivity index (χ0) is 19.3. The van der Waals surface area contributed by atoms with Gasteiger partial charge in [-0.05, 0) is 6.42 Å².